The fourth-order valence-corrected chi connectivity index (χ4v) is 4.86. The number of nitrogens with one attached hydrogen (secondary N) is 2. The zero-order valence-corrected chi connectivity index (χ0v) is 17.9. The first-order chi connectivity index (χ1) is 15.1. The molecule has 8 heteroatoms. The van der Waals surface area contributed by atoms with Gasteiger partial charge in [-0.25, -0.2) is 0 Å². The molecule has 4 N–H and O–H groups in total. The molecule has 168 valence electrons. The van der Waals surface area contributed by atoms with E-state index in [-0.39, 0.29) is 24.1 Å². The summed E-state index contributed by atoms with van der Waals surface area (Å²) in [5.41, 5.74) is 8.15. The lowest BCUT2D eigenvalue weighted by Gasteiger charge is -2.30. The highest BCUT2D eigenvalue weighted by Crippen LogP contribution is 2.30. The molecule has 4 rings (SSSR count). The third-order valence-electron chi connectivity index (χ3n) is 6.60. The number of nitrogens with two attached hydrogens (primary N) is 1. The second-order valence-electron chi connectivity index (χ2n) is 8.72. The van der Waals surface area contributed by atoms with Crippen molar-refractivity contribution in [2.45, 2.75) is 76.2 Å². The van der Waals surface area contributed by atoms with Crippen LogP contribution in [0.1, 0.15) is 66.4 Å². The van der Waals surface area contributed by atoms with Gasteiger partial charge in [-0.15, -0.1) is 0 Å². The number of amides is 3. The van der Waals surface area contributed by atoms with Crippen molar-refractivity contribution in [2.75, 3.05) is 13.2 Å². The molecule has 1 aromatic rings. The first kappa shape index (κ1) is 21.9. The molecule has 2 fully saturated rings. The van der Waals surface area contributed by atoms with Crippen molar-refractivity contribution in [3.63, 3.8) is 0 Å². The number of rotatable bonds is 8. The standard InChI is InChI=1S/C23H32N4O4/c24-11-2-12-31-18-7-5-17(6-8-18)25-13-15-3-1-4-16-14-27(23(30)21(15)16)19-9-10-20(28)26-22(19)29/h1,3-4,17-19,25H,2,5-14,24H2,(H,26,28,29). The van der Waals surface area contributed by atoms with Gasteiger partial charge in [0.15, 0.2) is 0 Å². The first-order valence-corrected chi connectivity index (χ1v) is 11.4. The van der Waals surface area contributed by atoms with Gasteiger partial charge in [0, 0.05) is 37.7 Å². The molecule has 1 saturated heterocycles. The summed E-state index contributed by atoms with van der Waals surface area (Å²) < 4.78 is 5.88. The lowest BCUT2D eigenvalue weighted by molar-refractivity contribution is -0.136. The molecular weight excluding hydrogens is 396 g/mol. The van der Waals surface area contributed by atoms with Gasteiger partial charge in [0.05, 0.1) is 6.10 Å². The number of hydrogen-bond acceptors (Lipinski definition) is 6. The van der Waals surface area contributed by atoms with E-state index in [0.717, 1.165) is 49.8 Å². The average molecular weight is 429 g/mol. The molecule has 1 saturated carbocycles. The van der Waals surface area contributed by atoms with Gasteiger partial charge in [-0.05, 0) is 56.2 Å². The molecule has 1 aliphatic carbocycles. The van der Waals surface area contributed by atoms with Gasteiger partial charge in [0.2, 0.25) is 11.8 Å². The van der Waals surface area contributed by atoms with Crippen LogP contribution in [0.25, 0.3) is 0 Å². The van der Waals surface area contributed by atoms with E-state index in [1.165, 1.54) is 0 Å². The zero-order valence-electron chi connectivity index (χ0n) is 17.9. The summed E-state index contributed by atoms with van der Waals surface area (Å²) in [5.74, 6) is -0.753. The Bertz CT molecular complexity index is 835. The maximum Gasteiger partial charge on any atom is 0.255 e. The number of hydrogen-bond donors (Lipinski definition) is 3. The Balaban J connectivity index is 1.33. The minimum absolute atomic E-state index is 0.112. The Morgan fingerprint density at radius 2 is 1.94 bits per heavy atom. The van der Waals surface area contributed by atoms with E-state index >= 15 is 0 Å². The molecule has 8 nitrogen and oxygen atoms in total. The maximum absolute atomic E-state index is 13.2. The summed E-state index contributed by atoms with van der Waals surface area (Å²) in [6.45, 7) is 2.44. The van der Waals surface area contributed by atoms with Crippen LogP contribution in [-0.4, -0.2) is 54.0 Å². The molecule has 1 aromatic carbocycles. The third kappa shape index (κ3) is 4.97. The molecule has 3 amide bonds. The van der Waals surface area contributed by atoms with Crippen LogP contribution in [0.2, 0.25) is 0 Å². The Morgan fingerprint density at radius 1 is 1.13 bits per heavy atom. The lowest BCUT2D eigenvalue weighted by atomic mass is 9.92. The van der Waals surface area contributed by atoms with Gasteiger partial charge in [0.25, 0.3) is 5.91 Å². The topological polar surface area (TPSA) is 114 Å². The van der Waals surface area contributed by atoms with Crippen LogP contribution in [-0.2, 0) is 27.4 Å². The number of benzene rings is 1. The van der Waals surface area contributed by atoms with E-state index in [9.17, 15) is 14.4 Å². The van der Waals surface area contributed by atoms with E-state index in [0.29, 0.717) is 43.8 Å². The predicted octanol–water partition coefficient (Wildman–Crippen LogP) is 1.21. The summed E-state index contributed by atoms with van der Waals surface area (Å²) in [6, 6.07) is 5.74. The molecule has 3 aliphatic rings. The van der Waals surface area contributed by atoms with Gasteiger partial charge in [-0.3, -0.25) is 19.7 Å². The molecule has 0 spiro atoms. The molecule has 1 atom stereocenters. The van der Waals surface area contributed by atoms with Crippen molar-refractivity contribution in [3.05, 3.63) is 34.9 Å². The van der Waals surface area contributed by atoms with Crippen LogP contribution >= 0.6 is 0 Å². The van der Waals surface area contributed by atoms with E-state index in [4.69, 9.17) is 10.5 Å². The van der Waals surface area contributed by atoms with Crippen molar-refractivity contribution < 1.29 is 19.1 Å². The molecule has 31 heavy (non-hydrogen) atoms. The van der Waals surface area contributed by atoms with E-state index in [1.54, 1.807) is 4.90 Å². The Labute approximate surface area is 182 Å². The fourth-order valence-electron chi connectivity index (χ4n) is 4.86. The van der Waals surface area contributed by atoms with Gasteiger partial charge in [-0.1, -0.05) is 18.2 Å². The Kier molecular flexibility index (Phi) is 6.99. The zero-order chi connectivity index (χ0) is 21.8. The van der Waals surface area contributed by atoms with Crippen LogP contribution in [0.5, 0.6) is 0 Å². The molecule has 2 aliphatic heterocycles. The number of fused-ring (bicyclic) bond motifs is 1. The van der Waals surface area contributed by atoms with Crippen molar-refractivity contribution in [1.29, 1.82) is 0 Å². The largest absolute Gasteiger partial charge is 0.378 e. The normalized spacial score (nSPS) is 26.2. The monoisotopic (exact) mass is 428 g/mol. The number of carbonyl (C=O) groups excluding carboxylic acids is 3. The van der Waals surface area contributed by atoms with Crippen molar-refractivity contribution in [2.24, 2.45) is 5.73 Å². The summed E-state index contributed by atoms with van der Waals surface area (Å²) in [4.78, 5) is 38.5. The summed E-state index contributed by atoms with van der Waals surface area (Å²) in [7, 11) is 0. The number of nitrogens with zero attached hydrogens (tertiary/aromatic N) is 1. The van der Waals surface area contributed by atoms with Gasteiger partial charge in [-0.2, -0.15) is 0 Å². The molecule has 0 radical (unpaired) electrons. The quantitative estimate of drug-likeness (QED) is 0.424. The Hall–Kier alpha value is -2.29. The highest BCUT2D eigenvalue weighted by Gasteiger charge is 2.40. The predicted molar refractivity (Wildman–Crippen MR) is 115 cm³/mol. The first-order valence-electron chi connectivity index (χ1n) is 11.4. The second-order valence-corrected chi connectivity index (χ2v) is 8.72. The molecule has 0 bridgehead atoms. The fraction of sp³-hybridized carbons (Fsp3) is 0.609. The number of imide groups is 1. The minimum Gasteiger partial charge on any atom is -0.378 e. The van der Waals surface area contributed by atoms with Crippen LogP contribution in [0.3, 0.4) is 0 Å². The van der Waals surface area contributed by atoms with Crippen molar-refractivity contribution >= 4 is 17.7 Å². The summed E-state index contributed by atoms with van der Waals surface area (Å²) in [5, 5.41) is 5.97. The van der Waals surface area contributed by atoms with E-state index in [1.807, 2.05) is 18.2 Å². The molecule has 1 unspecified atom stereocenters. The summed E-state index contributed by atoms with van der Waals surface area (Å²) in [6.07, 6.45) is 6.07. The minimum atomic E-state index is -0.576. The highest BCUT2D eigenvalue weighted by atomic mass is 16.5. The number of carbonyl (C=O) groups is 3. The molecular formula is C23H32N4O4. The molecule has 2 heterocycles. The number of piperidine rings is 1. The maximum atomic E-state index is 13.2. The highest BCUT2D eigenvalue weighted by molar-refractivity contribution is 6.05. The van der Waals surface area contributed by atoms with Crippen LogP contribution in [0, 0.1) is 0 Å². The van der Waals surface area contributed by atoms with Gasteiger partial charge >= 0.3 is 0 Å². The van der Waals surface area contributed by atoms with Crippen LogP contribution in [0.15, 0.2) is 18.2 Å². The van der Waals surface area contributed by atoms with Gasteiger partial charge in [0.1, 0.15) is 6.04 Å². The van der Waals surface area contributed by atoms with E-state index in [2.05, 4.69) is 10.6 Å². The SMILES string of the molecule is NCCCOC1CCC(NCc2cccc3c2C(=O)N(C2CCC(=O)NC2=O)C3)CC1. The average Bonchev–Trinajstić information content (AvgIpc) is 3.10. The van der Waals surface area contributed by atoms with Gasteiger partial charge < -0.3 is 20.7 Å². The van der Waals surface area contributed by atoms with Crippen molar-refractivity contribution in [3.8, 4) is 0 Å². The Morgan fingerprint density at radius 3 is 2.68 bits per heavy atom. The summed E-state index contributed by atoms with van der Waals surface area (Å²) >= 11 is 0. The molecule has 0 aromatic heterocycles. The second kappa shape index (κ2) is 9.89. The lowest BCUT2D eigenvalue weighted by Crippen LogP contribution is -2.52. The van der Waals surface area contributed by atoms with Crippen molar-refractivity contribution in [1.82, 2.24) is 15.5 Å². The third-order valence-corrected chi connectivity index (χ3v) is 6.60. The number of ether oxygens (including phenoxy) is 1. The van der Waals surface area contributed by atoms with Crippen LogP contribution in [0.4, 0.5) is 0 Å². The smallest absolute Gasteiger partial charge is 0.255 e. The van der Waals surface area contributed by atoms with Crippen LogP contribution < -0.4 is 16.4 Å². The van der Waals surface area contributed by atoms with E-state index < -0.39 is 6.04 Å².